The van der Waals surface area contributed by atoms with Crippen molar-refractivity contribution in [3.05, 3.63) is 95.1 Å². The second-order valence-corrected chi connectivity index (χ2v) is 6.98. The van der Waals surface area contributed by atoms with Gasteiger partial charge in [-0.25, -0.2) is 4.79 Å². The van der Waals surface area contributed by atoms with Crippen LogP contribution in [0.2, 0.25) is 0 Å². The first-order chi connectivity index (χ1) is 14.9. The molecule has 6 nitrogen and oxygen atoms in total. The van der Waals surface area contributed by atoms with E-state index >= 15 is 0 Å². The summed E-state index contributed by atoms with van der Waals surface area (Å²) in [5.41, 5.74) is 2.09. The van der Waals surface area contributed by atoms with Crippen LogP contribution in [-0.4, -0.2) is 29.4 Å². The fraction of sp³-hybridized carbons (Fsp3) is 0.160. The van der Waals surface area contributed by atoms with Gasteiger partial charge in [0, 0.05) is 16.8 Å². The molecule has 0 aliphatic heterocycles. The van der Waals surface area contributed by atoms with E-state index < -0.39 is 11.9 Å². The molecule has 1 atom stereocenters. The Labute approximate surface area is 180 Å². The Balaban J connectivity index is 1.77. The molecule has 3 aromatic rings. The van der Waals surface area contributed by atoms with Crippen LogP contribution >= 0.6 is 0 Å². The van der Waals surface area contributed by atoms with Gasteiger partial charge in [0.15, 0.2) is 5.78 Å². The summed E-state index contributed by atoms with van der Waals surface area (Å²) >= 11 is 0. The summed E-state index contributed by atoms with van der Waals surface area (Å²) in [7, 11) is 0. The maximum Gasteiger partial charge on any atom is 0.341 e. The summed E-state index contributed by atoms with van der Waals surface area (Å²) < 4.78 is 4.91. The van der Waals surface area contributed by atoms with Gasteiger partial charge in [0.25, 0.3) is 0 Å². The molecule has 3 rings (SSSR count). The molecule has 6 heteroatoms. The van der Waals surface area contributed by atoms with Crippen molar-refractivity contribution in [1.82, 2.24) is 0 Å². The number of ketones is 1. The highest BCUT2D eigenvalue weighted by atomic mass is 16.5. The van der Waals surface area contributed by atoms with Crippen molar-refractivity contribution in [2.24, 2.45) is 0 Å². The van der Waals surface area contributed by atoms with Gasteiger partial charge in [-0.1, -0.05) is 48.5 Å². The number of phenols is 1. The van der Waals surface area contributed by atoms with E-state index in [0.717, 1.165) is 0 Å². The van der Waals surface area contributed by atoms with Crippen LogP contribution in [0.3, 0.4) is 0 Å². The molecule has 0 fully saturated rings. The first kappa shape index (κ1) is 21.8. The van der Waals surface area contributed by atoms with Crippen molar-refractivity contribution in [3.63, 3.8) is 0 Å². The van der Waals surface area contributed by atoms with Crippen molar-refractivity contribution >= 4 is 23.3 Å². The summed E-state index contributed by atoms with van der Waals surface area (Å²) in [5, 5.41) is 12.6. The number of carbonyl (C=O) groups is 3. The monoisotopic (exact) mass is 417 g/mol. The molecule has 1 amide bonds. The van der Waals surface area contributed by atoms with Gasteiger partial charge in [0.05, 0.1) is 12.5 Å². The average molecular weight is 417 g/mol. The molecule has 0 heterocycles. The van der Waals surface area contributed by atoms with E-state index in [1.165, 1.54) is 18.2 Å². The lowest BCUT2D eigenvalue weighted by molar-refractivity contribution is -0.117. The Hall–Kier alpha value is -3.93. The van der Waals surface area contributed by atoms with E-state index in [9.17, 15) is 19.5 Å². The zero-order chi connectivity index (χ0) is 22.4. The second-order valence-electron chi connectivity index (χ2n) is 6.98. The summed E-state index contributed by atoms with van der Waals surface area (Å²) in [5.74, 6) is -1.88. The number of nitrogens with one attached hydrogen (secondary N) is 1. The fourth-order valence-corrected chi connectivity index (χ4v) is 3.09. The first-order valence-electron chi connectivity index (χ1n) is 9.91. The van der Waals surface area contributed by atoms with Crippen LogP contribution in [0.15, 0.2) is 72.8 Å². The van der Waals surface area contributed by atoms with Crippen LogP contribution in [0.5, 0.6) is 5.75 Å². The van der Waals surface area contributed by atoms with E-state index in [1.807, 2.05) is 6.07 Å². The highest BCUT2D eigenvalue weighted by molar-refractivity contribution is 6.09. The van der Waals surface area contributed by atoms with Gasteiger partial charge in [-0.2, -0.15) is 0 Å². The van der Waals surface area contributed by atoms with Crippen LogP contribution in [0.4, 0.5) is 5.69 Å². The van der Waals surface area contributed by atoms with Gasteiger partial charge in [-0.3, -0.25) is 9.59 Å². The molecule has 0 aliphatic carbocycles. The number of esters is 1. The normalized spacial score (nSPS) is 11.4. The molecule has 0 saturated heterocycles. The number of ether oxygens (including phenoxy) is 1. The molecular formula is C25H23NO5. The third-order valence-corrected chi connectivity index (χ3v) is 4.84. The molecule has 0 unspecified atom stereocenters. The van der Waals surface area contributed by atoms with Crippen LogP contribution in [0, 0.1) is 0 Å². The molecule has 0 aliphatic rings. The fourth-order valence-electron chi connectivity index (χ4n) is 3.09. The lowest BCUT2D eigenvalue weighted by atomic mass is 9.95. The van der Waals surface area contributed by atoms with Crippen LogP contribution < -0.4 is 5.32 Å². The van der Waals surface area contributed by atoms with E-state index in [-0.39, 0.29) is 29.6 Å². The summed E-state index contributed by atoms with van der Waals surface area (Å²) in [6.07, 6.45) is 0. The van der Waals surface area contributed by atoms with E-state index in [0.29, 0.717) is 22.4 Å². The second kappa shape index (κ2) is 9.71. The van der Waals surface area contributed by atoms with E-state index in [2.05, 4.69) is 5.32 Å². The molecule has 0 aromatic heterocycles. The van der Waals surface area contributed by atoms with Crippen LogP contribution in [-0.2, 0) is 9.53 Å². The minimum atomic E-state index is -0.670. The van der Waals surface area contributed by atoms with Crippen molar-refractivity contribution < 1.29 is 24.2 Å². The number of hydrogen-bond donors (Lipinski definition) is 2. The van der Waals surface area contributed by atoms with E-state index in [4.69, 9.17) is 4.74 Å². The minimum Gasteiger partial charge on any atom is -0.507 e. The number of anilines is 1. The lowest BCUT2D eigenvalue weighted by Crippen LogP contribution is -2.19. The van der Waals surface area contributed by atoms with Gasteiger partial charge in [-0.05, 0) is 43.7 Å². The van der Waals surface area contributed by atoms with Crippen LogP contribution in [0.25, 0.3) is 0 Å². The Kier molecular flexibility index (Phi) is 6.82. The van der Waals surface area contributed by atoms with Gasteiger partial charge >= 0.3 is 5.97 Å². The smallest absolute Gasteiger partial charge is 0.341 e. The highest BCUT2D eigenvalue weighted by Crippen LogP contribution is 2.25. The Bertz CT molecular complexity index is 1110. The molecule has 158 valence electrons. The van der Waals surface area contributed by atoms with Crippen LogP contribution in [0.1, 0.15) is 51.6 Å². The molecule has 2 N–H and O–H groups in total. The first-order valence-corrected chi connectivity index (χ1v) is 9.91. The third kappa shape index (κ3) is 5.17. The van der Waals surface area contributed by atoms with Crippen molar-refractivity contribution in [3.8, 4) is 5.75 Å². The molecule has 0 bridgehead atoms. The number of aromatic hydroxyl groups is 1. The zero-order valence-electron chi connectivity index (χ0n) is 17.3. The molecule has 0 saturated carbocycles. The van der Waals surface area contributed by atoms with Gasteiger partial charge in [0.2, 0.25) is 5.91 Å². The van der Waals surface area contributed by atoms with E-state index in [1.54, 1.807) is 62.4 Å². The van der Waals surface area contributed by atoms with Crippen molar-refractivity contribution in [1.29, 1.82) is 0 Å². The number of hydrogen-bond acceptors (Lipinski definition) is 5. The van der Waals surface area contributed by atoms with Crippen molar-refractivity contribution in [2.75, 3.05) is 11.9 Å². The zero-order valence-corrected chi connectivity index (χ0v) is 17.3. The maximum atomic E-state index is 12.8. The lowest BCUT2D eigenvalue weighted by Gasteiger charge is -2.14. The van der Waals surface area contributed by atoms with Gasteiger partial charge in [-0.15, -0.1) is 0 Å². The third-order valence-electron chi connectivity index (χ3n) is 4.84. The largest absolute Gasteiger partial charge is 0.507 e. The maximum absolute atomic E-state index is 12.8. The van der Waals surface area contributed by atoms with Gasteiger partial charge in [0.1, 0.15) is 11.3 Å². The summed E-state index contributed by atoms with van der Waals surface area (Å²) in [6.45, 7) is 3.57. The highest BCUT2D eigenvalue weighted by Gasteiger charge is 2.19. The Morgan fingerprint density at radius 3 is 2.35 bits per heavy atom. The SMILES string of the molecule is CCOC(=O)c1cc(NC(=O)[C@@H](C)c2cccc(C(=O)c3ccccc3)c2)ccc1O. The molecule has 31 heavy (non-hydrogen) atoms. The topological polar surface area (TPSA) is 92.7 Å². The number of benzene rings is 3. The Morgan fingerprint density at radius 2 is 1.65 bits per heavy atom. The predicted octanol–water partition coefficient (Wildman–Crippen LogP) is 4.54. The summed E-state index contributed by atoms with van der Waals surface area (Å²) in [6, 6.07) is 20.1. The van der Waals surface area contributed by atoms with Crippen molar-refractivity contribution in [2.45, 2.75) is 19.8 Å². The molecular weight excluding hydrogens is 394 g/mol. The van der Waals surface area contributed by atoms with Gasteiger partial charge < -0.3 is 15.2 Å². The quantitative estimate of drug-likeness (QED) is 0.334. The number of carbonyl (C=O) groups excluding carboxylic acids is 3. The minimum absolute atomic E-state index is 0.0252. The Morgan fingerprint density at radius 1 is 0.935 bits per heavy atom. The average Bonchev–Trinajstić information content (AvgIpc) is 2.80. The molecule has 0 radical (unpaired) electrons. The standard InChI is InChI=1S/C25H23NO5/c1-3-31-25(30)21-15-20(12-13-22(21)27)26-24(29)16(2)18-10-7-11-19(14-18)23(28)17-8-5-4-6-9-17/h4-16,27H,3H2,1-2H3,(H,26,29)/t16-/m0/s1. The summed E-state index contributed by atoms with van der Waals surface area (Å²) in [4.78, 5) is 37.4. The number of phenolic OH excluding ortho intramolecular Hbond substituents is 1. The number of rotatable bonds is 7. The molecule has 0 spiro atoms. The predicted molar refractivity (Wildman–Crippen MR) is 117 cm³/mol. The molecule has 3 aromatic carbocycles. The number of amides is 1.